The number of benzene rings is 2. The van der Waals surface area contributed by atoms with Crippen LogP contribution in [0.2, 0.25) is 0 Å². The maximum atomic E-state index is 12.3. The Balaban J connectivity index is 1.80. The smallest absolute Gasteiger partial charge is 0.336 e. The first-order valence-corrected chi connectivity index (χ1v) is 6.83. The van der Waals surface area contributed by atoms with Crippen LogP contribution in [-0.2, 0) is 6.42 Å². The van der Waals surface area contributed by atoms with Crippen LogP contribution in [0.3, 0.4) is 0 Å². The number of aromatic amines is 1. The van der Waals surface area contributed by atoms with Crippen molar-refractivity contribution in [3.63, 3.8) is 0 Å². The van der Waals surface area contributed by atoms with E-state index in [1.54, 1.807) is 36.4 Å². The lowest BCUT2D eigenvalue weighted by Gasteiger charge is -2.05. The number of hydrogen-bond donors (Lipinski definition) is 2. The zero-order valence-corrected chi connectivity index (χ0v) is 11.9. The van der Waals surface area contributed by atoms with Crippen LogP contribution in [0.15, 0.2) is 48.5 Å². The zero-order valence-electron chi connectivity index (χ0n) is 11.9. The van der Waals surface area contributed by atoms with Crippen molar-refractivity contribution >= 4 is 11.8 Å². The van der Waals surface area contributed by atoms with Crippen molar-refractivity contribution in [2.45, 2.75) is 6.42 Å². The lowest BCUT2D eigenvalue weighted by Crippen LogP contribution is -2.10. The van der Waals surface area contributed by atoms with Crippen molar-refractivity contribution < 1.29 is 14.7 Å². The number of carboxylic acid groups (broad SMARTS) is 1. The Morgan fingerprint density at radius 1 is 1.00 bits per heavy atom. The fourth-order valence-electron chi connectivity index (χ4n) is 2.25. The molecule has 0 radical (unpaired) electrons. The maximum Gasteiger partial charge on any atom is 0.336 e. The molecule has 1 aromatic heterocycles. The molecule has 0 spiro atoms. The number of carbonyl (C=O) groups is 2. The number of H-pyrrole nitrogens is 1. The third-order valence-electron chi connectivity index (χ3n) is 3.38. The van der Waals surface area contributed by atoms with Crippen molar-refractivity contribution in [2.24, 2.45) is 0 Å². The molecule has 0 aliphatic carbocycles. The van der Waals surface area contributed by atoms with E-state index in [0.717, 1.165) is 11.1 Å². The van der Waals surface area contributed by atoms with Gasteiger partial charge < -0.3 is 5.11 Å². The molecule has 0 saturated heterocycles. The van der Waals surface area contributed by atoms with Crippen LogP contribution in [0.4, 0.5) is 0 Å². The number of carboxylic acids is 1. The molecule has 23 heavy (non-hydrogen) atoms. The molecule has 0 fully saturated rings. The first-order chi connectivity index (χ1) is 11.1. The Hall–Kier alpha value is -3.35. The molecule has 0 aliphatic heterocycles. The molecule has 3 rings (SSSR count). The lowest BCUT2D eigenvalue weighted by molar-refractivity contribution is 0.0692. The summed E-state index contributed by atoms with van der Waals surface area (Å²) >= 11 is 0. The van der Waals surface area contributed by atoms with Gasteiger partial charge in [-0.2, -0.15) is 5.21 Å². The molecule has 0 bridgehead atoms. The molecular weight excluding hydrogens is 296 g/mol. The second kappa shape index (κ2) is 6.18. The van der Waals surface area contributed by atoms with E-state index >= 15 is 0 Å². The Kier molecular flexibility index (Phi) is 3.92. The van der Waals surface area contributed by atoms with E-state index in [4.69, 9.17) is 5.11 Å². The van der Waals surface area contributed by atoms with Crippen LogP contribution in [-0.4, -0.2) is 37.5 Å². The SMILES string of the molecule is O=C(O)c1ccccc1C(=O)Cc1ccc(-c2nn[nH]n2)cc1. The molecule has 0 aliphatic rings. The van der Waals surface area contributed by atoms with Crippen LogP contribution in [0.1, 0.15) is 26.3 Å². The normalized spacial score (nSPS) is 10.4. The third-order valence-corrected chi connectivity index (χ3v) is 3.38. The molecular formula is C16H12N4O3. The lowest BCUT2D eigenvalue weighted by atomic mass is 9.98. The van der Waals surface area contributed by atoms with Gasteiger partial charge in [-0.15, -0.1) is 10.2 Å². The van der Waals surface area contributed by atoms with E-state index in [9.17, 15) is 9.59 Å². The molecule has 7 heteroatoms. The van der Waals surface area contributed by atoms with Gasteiger partial charge in [0.25, 0.3) is 0 Å². The number of ketones is 1. The van der Waals surface area contributed by atoms with Gasteiger partial charge in [0, 0.05) is 17.5 Å². The molecule has 2 aromatic carbocycles. The van der Waals surface area contributed by atoms with E-state index in [1.807, 2.05) is 0 Å². The Morgan fingerprint density at radius 2 is 1.70 bits per heavy atom. The van der Waals surface area contributed by atoms with Gasteiger partial charge in [-0.1, -0.05) is 42.5 Å². The molecule has 1 heterocycles. The second-order valence-corrected chi connectivity index (χ2v) is 4.88. The van der Waals surface area contributed by atoms with Crippen LogP contribution in [0, 0.1) is 0 Å². The maximum absolute atomic E-state index is 12.3. The minimum Gasteiger partial charge on any atom is -0.478 e. The first kappa shape index (κ1) is 14.6. The molecule has 0 unspecified atom stereocenters. The third kappa shape index (κ3) is 3.13. The minimum atomic E-state index is -1.11. The number of nitrogens with one attached hydrogen (secondary N) is 1. The highest BCUT2D eigenvalue weighted by atomic mass is 16.4. The Morgan fingerprint density at radius 3 is 2.30 bits per heavy atom. The van der Waals surface area contributed by atoms with Crippen LogP contribution in [0.25, 0.3) is 11.4 Å². The number of hydrogen-bond acceptors (Lipinski definition) is 5. The number of carbonyl (C=O) groups excluding carboxylic acids is 1. The van der Waals surface area contributed by atoms with Gasteiger partial charge in [-0.25, -0.2) is 4.79 Å². The van der Waals surface area contributed by atoms with Crippen LogP contribution in [0.5, 0.6) is 0 Å². The summed E-state index contributed by atoms with van der Waals surface area (Å²) in [6.45, 7) is 0. The molecule has 0 atom stereocenters. The van der Waals surface area contributed by atoms with E-state index in [2.05, 4.69) is 20.6 Å². The number of rotatable bonds is 5. The summed E-state index contributed by atoms with van der Waals surface area (Å²) in [5.41, 5.74) is 1.78. The number of aromatic nitrogens is 4. The average Bonchev–Trinajstić information content (AvgIpc) is 3.10. The molecule has 3 aromatic rings. The van der Waals surface area contributed by atoms with Gasteiger partial charge >= 0.3 is 5.97 Å². The highest BCUT2D eigenvalue weighted by Gasteiger charge is 2.16. The fraction of sp³-hybridized carbons (Fsp3) is 0.0625. The van der Waals surface area contributed by atoms with Gasteiger partial charge in [0.1, 0.15) is 0 Å². The van der Waals surface area contributed by atoms with Gasteiger partial charge in [0.15, 0.2) is 5.78 Å². The van der Waals surface area contributed by atoms with E-state index in [1.165, 1.54) is 12.1 Å². The summed E-state index contributed by atoms with van der Waals surface area (Å²) in [7, 11) is 0. The van der Waals surface area contributed by atoms with E-state index < -0.39 is 5.97 Å². The molecule has 0 amide bonds. The Labute approximate surface area is 131 Å². The van der Waals surface area contributed by atoms with Crippen molar-refractivity contribution in [1.29, 1.82) is 0 Å². The fourth-order valence-corrected chi connectivity index (χ4v) is 2.25. The number of tetrazole rings is 1. The largest absolute Gasteiger partial charge is 0.478 e. The summed E-state index contributed by atoms with van der Waals surface area (Å²) < 4.78 is 0. The molecule has 114 valence electrons. The minimum absolute atomic E-state index is 0.0147. The highest BCUT2D eigenvalue weighted by molar-refractivity contribution is 6.06. The van der Waals surface area contributed by atoms with Crippen LogP contribution < -0.4 is 0 Å². The summed E-state index contributed by atoms with van der Waals surface area (Å²) in [4.78, 5) is 23.5. The Bertz CT molecular complexity index is 842. The summed E-state index contributed by atoms with van der Waals surface area (Å²) in [6, 6.07) is 13.3. The summed E-state index contributed by atoms with van der Waals surface area (Å²) in [5.74, 6) is -0.879. The molecule has 2 N–H and O–H groups in total. The van der Waals surface area contributed by atoms with Crippen molar-refractivity contribution in [1.82, 2.24) is 20.6 Å². The zero-order chi connectivity index (χ0) is 16.2. The van der Waals surface area contributed by atoms with E-state index in [0.29, 0.717) is 5.82 Å². The molecule has 7 nitrogen and oxygen atoms in total. The monoisotopic (exact) mass is 308 g/mol. The topological polar surface area (TPSA) is 109 Å². The predicted octanol–water partition coefficient (Wildman–Crippen LogP) is 1.99. The van der Waals surface area contributed by atoms with Crippen molar-refractivity contribution in [3.8, 4) is 11.4 Å². The number of nitrogens with zero attached hydrogens (tertiary/aromatic N) is 3. The second-order valence-electron chi connectivity index (χ2n) is 4.88. The number of Topliss-reactive ketones (excluding diaryl/α,β-unsaturated/α-hetero) is 1. The average molecular weight is 308 g/mol. The quantitative estimate of drug-likeness (QED) is 0.698. The number of aromatic carboxylic acids is 1. The van der Waals surface area contributed by atoms with Gasteiger partial charge in [0.05, 0.1) is 5.56 Å². The first-order valence-electron chi connectivity index (χ1n) is 6.83. The standard InChI is InChI=1S/C16H12N4O3/c21-14(12-3-1-2-4-13(12)16(22)23)9-10-5-7-11(8-6-10)15-17-19-20-18-15/h1-8H,9H2,(H,22,23)(H,17,18,19,20). The highest BCUT2D eigenvalue weighted by Crippen LogP contribution is 2.17. The van der Waals surface area contributed by atoms with Crippen LogP contribution >= 0.6 is 0 Å². The predicted molar refractivity (Wildman–Crippen MR) is 81.0 cm³/mol. The van der Waals surface area contributed by atoms with Gasteiger partial charge in [-0.05, 0) is 16.8 Å². The van der Waals surface area contributed by atoms with Gasteiger partial charge in [-0.3, -0.25) is 4.79 Å². The van der Waals surface area contributed by atoms with Crippen molar-refractivity contribution in [2.75, 3.05) is 0 Å². The summed E-state index contributed by atoms with van der Waals surface area (Å²) in [6.07, 6.45) is 0.122. The van der Waals surface area contributed by atoms with E-state index in [-0.39, 0.29) is 23.3 Å². The molecule has 0 saturated carbocycles. The van der Waals surface area contributed by atoms with Gasteiger partial charge in [0.2, 0.25) is 5.82 Å². The van der Waals surface area contributed by atoms with Crippen molar-refractivity contribution in [3.05, 3.63) is 65.2 Å². The summed E-state index contributed by atoms with van der Waals surface area (Å²) in [5, 5.41) is 22.8.